The highest BCUT2D eigenvalue weighted by Crippen LogP contribution is 2.19. The van der Waals surface area contributed by atoms with Crippen LogP contribution >= 0.6 is 0 Å². The average Bonchev–Trinajstić information content (AvgIpc) is 2.82. The van der Waals surface area contributed by atoms with Gasteiger partial charge in [-0.25, -0.2) is 4.99 Å². The number of benzene rings is 1. The molecular weight excluding hydrogens is 270 g/mol. The second kappa shape index (κ2) is 6.42. The van der Waals surface area contributed by atoms with Gasteiger partial charge >= 0.3 is 0 Å². The third-order valence-electron chi connectivity index (χ3n) is 2.63. The Kier molecular flexibility index (Phi) is 4.39. The summed E-state index contributed by atoms with van der Waals surface area (Å²) in [7, 11) is 1.86. The number of ether oxygens (including phenoxy) is 1. The van der Waals surface area contributed by atoms with E-state index in [1.807, 2.05) is 13.1 Å². The maximum absolute atomic E-state index is 5.65. The monoisotopic (exact) mass is 287 g/mol. The Morgan fingerprint density at radius 1 is 1.19 bits per heavy atom. The fourth-order valence-electron chi connectivity index (χ4n) is 1.61. The summed E-state index contributed by atoms with van der Waals surface area (Å²) in [4.78, 5) is 7.68. The number of hydrogen-bond donors (Lipinski definition) is 3. The highest BCUT2D eigenvalue weighted by atomic mass is 16.5. The van der Waals surface area contributed by atoms with Crippen molar-refractivity contribution in [1.82, 2.24) is 9.78 Å². The first-order chi connectivity index (χ1) is 10.0. The second-order valence-electron chi connectivity index (χ2n) is 4.24. The van der Waals surface area contributed by atoms with Crippen molar-refractivity contribution in [3.05, 3.63) is 42.2 Å². The van der Waals surface area contributed by atoms with Crippen LogP contribution in [0.1, 0.15) is 5.69 Å². The van der Waals surface area contributed by atoms with E-state index in [9.17, 15) is 0 Å². The summed E-state index contributed by atoms with van der Waals surface area (Å²) in [5, 5.41) is 4.07. The molecule has 6 N–H and O–H groups in total. The first-order valence-corrected chi connectivity index (χ1v) is 6.18. The number of nitrogens with zero attached hydrogens (tertiary/aromatic N) is 4. The van der Waals surface area contributed by atoms with E-state index >= 15 is 0 Å². The van der Waals surface area contributed by atoms with E-state index in [4.69, 9.17) is 21.9 Å². The fourth-order valence-corrected chi connectivity index (χ4v) is 1.61. The van der Waals surface area contributed by atoms with Crippen molar-refractivity contribution in [2.24, 2.45) is 34.2 Å². The molecule has 0 aliphatic rings. The van der Waals surface area contributed by atoms with Gasteiger partial charge in [-0.15, -0.1) is 0 Å². The van der Waals surface area contributed by atoms with Crippen molar-refractivity contribution < 1.29 is 4.74 Å². The van der Waals surface area contributed by atoms with Crippen LogP contribution in [0.15, 0.2) is 46.5 Å². The normalized spacial score (nSPS) is 11.2. The predicted octanol–water partition coefficient (Wildman–Crippen LogP) is 0.219. The highest BCUT2D eigenvalue weighted by molar-refractivity contribution is 5.93. The minimum absolute atomic E-state index is 0.00134. The number of aliphatic imine (C=N–C) groups is 2. The average molecular weight is 287 g/mol. The molecule has 0 unspecified atom stereocenters. The van der Waals surface area contributed by atoms with Crippen LogP contribution in [-0.2, 0) is 13.7 Å². The first-order valence-electron chi connectivity index (χ1n) is 6.18. The fraction of sp³-hybridized carbons (Fsp3) is 0.154. The minimum Gasteiger partial charge on any atom is -0.487 e. The summed E-state index contributed by atoms with van der Waals surface area (Å²) in [6, 6.07) is 8.99. The quantitative estimate of drug-likeness (QED) is 0.547. The van der Waals surface area contributed by atoms with E-state index in [2.05, 4.69) is 15.1 Å². The molecular formula is C13H17N7O. The second-order valence-corrected chi connectivity index (χ2v) is 4.24. The Bertz CT molecular complexity index is 653. The van der Waals surface area contributed by atoms with Gasteiger partial charge in [-0.2, -0.15) is 10.1 Å². The van der Waals surface area contributed by atoms with Gasteiger partial charge in [0.25, 0.3) is 0 Å². The lowest BCUT2D eigenvalue weighted by Gasteiger charge is -2.06. The topological polar surface area (TPSA) is 130 Å². The van der Waals surface area contributed by atoms with Crippen molar-refractivity contribution in [3.8, 4) is 5.75 Å². The molecule has 2 rings (SSSR count). The van der Waals surface area contributed by atoms with Crippen molar-refractivity contribution in [2.75, 3.05) is 0 Å². The molecule has 0 saturated carbocycles. The summed E-state index contributed by atoms with van der Waals surface area (Å²) in [5.74, 6) is 0.585. The van der Waals surface area contributed by atoms with E-state index in [0.717, 1.165) is 11.4 Å². The van der Waals surface area contributed by atoms with Gasteiger partial charge in [0, 0.05) is 13.2 Å². The standard InChI is InChI=1S/C13H17N7O/c1-20-10(6-7-17-20)8-21-11-4-2-9(3-5-11)18-13(16)19-12(14)15/h2-7H,8H2,1H3,(H6,14,15,16,18,19). The largest absolute Gasteiger partial charge is 0.487 e. The lowest BCUT2D eigenvalue weighted by Crippen LogP contribution is -2.26. The summed E-state index contributed by atoms with van der Waals surface area (Å²) >= 11 is 0. The van der Waals surface area contributed by atoms with Crippen molar-refractivity contribution in [3.63, 3.8) is 0 Å². The predicted molar refractivity (Wildman–Crippen MR) is 81.1 cm³/mol. The zero-order valence-corrected chi connectivity index (χ0v) is 11.6. The molecule has 0 fully saturated rings. The van der Waals surface area contributed by atoms with E-state index in [0.29, 0.717) is 12.3 Å². The van der Waals surface area contributed by atoms with E-state index < -0.39 is 0 Å². The molecule has 2 aromatic rings. The molecule has 1 heterocycles. The molecule has 0 saturated heterocycles. The molecule has 8 nitrogen and oxygen atoms in total. The SMILES string of the molecule is Cn1nccc1COc1ccc(N=C(N)N=C(N)N)cc1. The Morgan fingerprint density at radius 3 is 2.48 bits per heavy atom. The van der Waals surface area contributed by atoms with Gasteiger partial charge in [-0.05, 0) is 30.3 Å². The van der Waals surface area contributed by atoms with Gasteiger partial charge in [-0.3, -0.25) is 4.68 Å². The van der Waals surface area contributed by atoms with E-state index in [1.54, 1.807) is 35.1 Å². The van der Waals surface area contributed by atoms with Crippen LogP contribution in [0.5, 0.6) is 5.75 Å². The smallest absolute Gasteiger partial charge is 0.223 e. The zero-order chi connectivity index (χ0) is 15.2. The molecule has 0 bridgehead atoms. The zero-order valence-electron chi connectivity index (χ0n) is 11.6. The van der Waals surface area contributed by atoms with Gasteiger partial charge in [0.1, 0.15) is 12.4 Å². The van der Waals surface area contributed by atoms with Crippen LogP contribution in [0, 0.1) is 0 Å². The van der Waals surface area contributed by atoms with Gasteiger partial charge in [0.05, 0.1) is 11.4 Å². The van der Waals surface area contributed by atoms with E-state index in [1.165, 1.54) is 0 Å². The molecule has 110 valence electrons. The van der Waals surface area contributed by atoms with Crippen molar-refractivity contribution in [1.29, 1.82) is 0 Å². The Morgan fingerprint density at radius 2 is 1.90 bits per heavy atom. The molecule has 21 heavy (non-hydrogen) atoms. The Labute approximate surface area is 121 Å². The Hall–Kier alpha value is -3.03. The third kappa shape index (κ3) is 4.23. The lowest BCUT2D eigenvalue weighted by molar-refractivity contribution is 0.295. The molecule has 0 aliphatic heterocycles. The molecule has 0 aliphatic carbocycles. The number of hydrogen-bond acceptors (Lipinski definition) is 3. The van der Waals surface area contributed by atoms with Crippen molar-refractivity contribution >= 4 is 17.6 Å². The molecule has 1 aromatic heterocycles. The minimum atomic E-state index is -0.132. The summed E-state index contributed by atoms with van der Waals surface area (Å²) in [5.41, 5.74) is 17.6. The molecule has 1 aromatic carbocycles. The van der Waals surface area contributed by atoms with Crippen LogP contribution < -0.4 is 21.9 Å². The summed E-state index contributed by atoms with van der Waals surface area (Å²) in [6.45, 7) is 0.440. The molecule has 0 amide bonds. The number of nitrogens with two attached hydrogens (primary N) is 3. The van der Waals surface area contributed by atoms with Gasteiger partial charge < -0.3 is 21.9 Å². The number of aromatic nitrogens is 2. The number of guanidine groups is 2. The maximum Gasteiger partial charge on any atom is 0.223 e. The molecule has 8 heteroatoms. The van der Waals surface area contributed by atoms with Crippen LogP contribution in [-0.4, -0.2) is 21.7 Å². The van der Waals surface area contributed by atoms with Crippen LogP contribution in [0.4, 0.5) is 5.69 Å². The highest BCUT2D eigenvalue weighted by Gasteiger charge is 2.00. The van der Waals surface area contributed by atoms with Gasteiger partial charge in [0.2, 0.25) is 5.96 Å². The van der Waals surface area contributed by atoms with Gasteiger partial charge in [-0.1, -0.05) is 0 Å². The third-order valence-corrected chi connectivity index (χ3v) is 2.63. The summed E-state index contributed by atoms with van der Waals surface area (Å²) in [6.07, 6.45) is 1.73. The molecule has 0 radical (unpaired) electrons. The van der Waals surface area contributed by atoms with Crippen LogP contribution in [0.3, 0.4) is 0 Å². The number of aryl methyl sites for hydroxylation is 1. The van der Waals surface area contributed by atoms with Crippen molar-refractivity contribution in [2.45, 2.75) is 6.61 Å². The first kappa shape index (κ1) is 14.4. The number of rotatable bonds is 4. The van der Waals surface area contributed by atoms with Crippen LogP contribution in [0.2, 0.25) is 0 Å². The molecule has 0 spiro atoms. The van der Waals surface area contributed by atoms with E-state index in [-0.39, 0.29) is 11.9 Å². The molecule has 0 atom stereocenters. The van der Waals surface area contributed by atoms with Crippen LogP contribution in [0.25, 0.3) is 0 Å². The Balaban J connectivity index is 1.99. The summed E-state index contributed by atoms with van der Waals surface area (Å²) < 4.78 is 7.41. The lowest BCUT2D eigenvalue weighted by atomic mass is 10.3. The maximum atomic E-state index is 5.65. The van der Waals surface area contributed by atoms with Gasteiger partial charge in [0.15, 0.2) is 5.96 Å².